The molecule has 2 aromatic carbocycles. The molecule has 7 nitrogen and oxygen atoms in total. The Bertz CT molecular complexity index is 821. The Balaban J connectivity index is 0.00000280. The SMILES string of the molecule is COc1ccc(C(=O)N2CCOCC2)cc1NC(=O)c1ccc(CN)cc1.Cl. The molecular formula is C20H24ClN3O4. The van der Waals surface area contributed by atoms with Crippen LogP contribution in [0.5, 0.6) is 5.75 Å². The normalized spacial score (nSPS) is 13.4. The lowest BCUT2D eigenvalue weighted by atomic mass is 10.1. The predicted octanol–water partition coefficient (Wildman–Crippen LogP) is 2.30. The number of amides is 2. The van der Waals surface area contributed by atoms with Gasteiger partial charge in [0.15, 0.2) is 0 Å². The zero-order valence-electron chi connectivity index (χ0n) is 15.6. The van der Waals surface area contributed by atoms with Crippen LogP contribution in [0.3, 0.4) is 0 Å². The number of ether oxygens (including phenoxy) is 2. The molecule has 1 aliphatic heterocycles. The van der Waals surface area contributed by atoms with Gasteiger partial charge in [-0.25, -0.2) is 0 Å². The van der Waals surface area contributed by atoms with E-state index < -0.39 is 0 Å². The van der Waals surface area contributed by atoms with Crippen molar-refractivity contribution < 1.29 is 19.1 Å². The Morgan fingerprint density at radius 3 is 2.36 bits per heavy atom. The van der Waals surface area contributed by atoms with Gasteiger partial charge in [0.05, 0.1) is 26.0 Å². The van der Waals surface area contributed by atoms with E-state index in [-0.39, 0.29) is 24.2 Å². The fourth-order valence-electron chi connectivity index (χ4n) is 2.87. The molecule has 0 aromatic heterocycles. The maximum Gasteiger partial charge on any atom is 0.255 e. The lowest BCUT2D eigenvalue weighted by molar-refractivity contribution is 0.0303. The first-order valence-electron chi connectivity index (χ1n) is 8.78. The van der Waals surface area contributed by atoms with Gasteiger partial charge in [-0.15, -0.1) is 12.4 Å². The standard InChI is InChI=1S/C20H23N3O4.ClH/c1-26-18-7-6-16(20(25)23-8-10-27-11-9-23)12-17(18)22-19(24)15-4-2-14(13-21)3-5-15;/h2-7,12H,8-11,13,21H2,1H3,(H,22,24);1H. The molecule has 1 heterocycles. The van der Waals surface area contributed by atoms with E-state index in [2.05, 4.69) is 5.32 Å². The number of nitrogens with two attached hydrogens (primary N) is 1. The second-order valence-electron chi connectivity index (χ2n) is 6.17. The fourth-order valence-corrected chi connectivity index (χ4v) is 2.87. The molecule has 0 saturated carbocycles. The number of carbonyl (C=O) groups is 2. The lowest BCUT2D eigenvalue weighted by Crippen LogP contribution is -2.40. The zero-order chi connectivity index (χ0) is 19.2. The number of benzene rings is 2. The molecule has 3 N–H and O–H groups in total. The van der Waals surface area contributed by atoms with E-state index in [4.69, 9.17) is 15.2 Å². The van der Waals surface area contributed by atoms with E-state index in [1.807, 2.05) is 12.1 Å². The quantitative estimate of drug-likeness (QED) is 0.796. The Morgan fingerprint density at radius 2 is 1.75 bits per heavy atom. The van der Waals surface area contributed by atoms with Crippen LogP contribution in [0, 0.1) is 0 Å². The highest BCUT2D eigenvalue weighted by Crippen LogP contribution is 2.27. The molecule has 0 unspecified atom stereocenters. The van der Waals surface area contributed by atoms with Crippen molar-refractivity contribution in [3.05, 3.63) is 59.2 Å². The number of rotatable bonds is 5. The molecule has 2 aromatic rings. The average molecular weight is 406 g/mol. The monoisotopic (exact) mass is 405 g/mol. The van der Waals surface area contributed by atoms with Crippen molar-refractivity contribution in [3.8, 4) is 5.75 Å². The predicted molar refractivity (Wildman–Crippen MR) is 109 cm³/mol. The van der Waals surface area contributed by atoms with Gasteiger partial charge in [0, 0.05) is 30.8 Å². The summed E-state index contributed by atoms with van der Waals surface area (Å²) in [5.41, 5.74) is 7.97. The number of anilines is 1. The van der Waals surface area contributed by atoms with E-state index in [9.17, 15) is 9.59 Å². The highest BCUT2D eigenvalue weighted by molar-refractivity contribution is 6.06. The molecule has 28 heavy (non-hydrogen) atoms. The van der Waals surface area contributed by atoms with Gasteiger partial charge in [0.25, 0.3) is 11.8 Å². The molecule has 0 radical (unpaired) electrons. The Morgan fingerprint density at radius 1 is 1.11 bits per heavy atom. The van der Waals surface area contributed by atoms with Crippen molar-refractivity contribution in [2.24, 2.45) is 5.73 Å². The van der Waals surface area contributed by atoms with Gasteiger partial charge in [-0.05, 0) is 35.9 Å². The van der Waals surface area contributed by atoms with Crippen molar-refractivity contribution in [1.29, 1.82) is 0 Å². The second kappa shape index (κ2) is 10.1. The molecule has 8 heteroatoms. The van der Waals surface area contributed by atoms with Crippen LogP contribution < -0.4 is 15.8 Å². The maximum atomic E-state index is 12.7. The number of halogens is 1. The van der Waals surface area contributed by atoms with Gasteiger partial charge in [0.1, 0.15) is 5.75 Å². The van der Waals surface area contributed by atoms with Crippen LogP contribution in [0.25, 0.3) is 0 Å². The molecule has 150 valence electrons. The zero-order valence-corrected chi connectivity index (χ0v) is 16.5. The molecule has 2 amide bonds. The summed E-state index contributed by atoms with van der Waals surface area (Å²) < 4.78 is 10.6. The van der Waals surface area contributed by atoms with Gasteiger partial charge in [-0.2, -0.15) is 0 Å². The third kappa shape index (κ3) is 5.01. The topological polar surface area (TPSA) is 93.9 Å². The summed E-state index contributed by atoms with van der Waals surface area (Å²) in [6.45, 7) is 2.59. The van der Waals surface area contributed by atoms with Crippen LogP contribution in [0.1, 0.15) is 26.3 Å². The van der Waals surface area contributed by atoms with Crippen LogP contribution in [-0.2, 0) is 11.3 Å². The van der Waals surface area contributed by atoms with Crippen molar-refractivity contribution in [2.75, 3.05) is 38.7 Å². The summed E-state index contributed by atoms with van der Waals surface area (Å²) in [6, 6.07) is 12.1. The number of carbonyl (C=O) groups excluding carboxylic acids is 2. The van der Waals surface area contributed by atoms with Crippen LogP contribution in [0.4, 0.5) is 5.69 Å². The minimum Gasteiger partial charge on any atom is -0.495 e. The van der Waals surface area contributed by atoms with Crippen LogP contribution in [-0.4, -0.2) is 50.1 Å². The third-order valence-corrected chi connectivity index (χ3v) is 4.44. The molecule has 0 aliphatic carbocycles. The first kappa shape index (κ1) is 21.7. The molecule has 1 aliphatic rings. The molecule has 0 spiro atoms. The smallest absolute Gasteiger partial charge is 0.255 e. The summed E-state index contributed by atoms with van der Waals surface area (Å²) in [6.07, 6.45) is 0. The van der Waals surface area contributed by atoms with Gasteiger partial charge >= 0.3 is 0 Å². The van der Waals surface area contributed by atoms with Crippen LogP contribution in [0.15, 0.2) is 42.5 Å². The van der Waals surface area contributed by atoms with E-state index in [1.165, 1.54) is 7.11 Å². The van der Waals surface area contributed by atoms with Gasteiger partial charge in [0.2, 0.25) is 0 Å². The fraction of sp³-hybridized carbons (Fsp3) is 0.300. The Hall–Kier alpha value is -2.61. The number of morpholine rings is 1. The first-order chi connectivity index (χ1) is 13.1. The Labute approximate surface area is 170 Å². The largest absolute Gasteiger partial charge is 0.495 e. The van der Waals surface area contributed by atoms with Crippen LogP contribution >= 0.6 is 12.4 Å². The van der Waals surface area contributed by atoms with Gasteiger partial charge in [-0.1, -0.05) is 12.1 Å². The third-order valence-electron chi connectivity index (χ3n) is 4.44. The second-order valence-corrected chi connectivity index (χ2v) is 6.17. The van der Waals surface area contributed by atoms with Gasteiger partial charge < -0.3 is 25.4 Å². The highest BCUT2D eigenvalue weighted by Gasteiger charge is 2.20. The number of nitrogens with zero attached hydrogens (tertiary/aromatic N) is 1. The van der Waals surface area contributed by atoms with E-state index >= 15 is 0 Å². The van der Waals surface area contributed by atoms with Gasteiger partial charge in [-0.3, -0.25) is 9.59 Å². The van der Waals surface area contributed by atoms with Crippen molar-refractivity contribution in [2.45, 2.75) is 6.54 Å². The molecule has 0 bridgehead atoms. The minimum atomic E-state index is -0.284. The molecular weight excluding hydrogens is 382 g/mol. The lowest BCUT2D eigenvalue weighted by Gasteiger charge is -2.27. The van der Waals surface area contributed by atoms with E-state index in [0.717, 1.165) is 5.56 Å². The summed E-state index contributed by atoms with van der Waals surface area (Å²) in [5.74, 6) is 0.108. The molecule has 1 fully saturated rings. The Kier molecular flexibility index (Phi) is 7.80. The number of methoxy groups -OCH3 is 1. The molecule has 3 rings (SSSR count). The molecule has 0 atom stereocenters. The number of nitrogens with one attached hydrogen (secondary N) is 1. The average Bonchev–Trinajstić information content (AvgIpc) is 2.73. The van der Waals surface area contributed by atoms with E-state index in [0.29, 0.717) is 55.4 Å². The number of hydrogen-bond donors (Lipinski definition) is 2. The first-order valence-corrected chi connectivity index (χ1v) is 8.78. The minimum absolute atomic E-state index is 0. The van der Waals surface area contributed by atoms with Crippen molar-refractivity contribution in [1.82, 2.24) is 4.90 Å². The summed E-state index contributed by atoms with van der Waals surface area (Å²) >= 11 is 0. The van der Waals surface area contributed by atoms with Crippen molar-refractivity contribution in [3.63, 3.8) is 0 Å². The summed E-state index contributed by atoms with van der Waals surface area (Å²) in [4.78, 5) is 27.0. The number of hydrogen-bond acceptors (Lipinski definition) is 5. The molecule has 1 saturated heterocycles. The maximum absolute atomic E-state index is 12.7. The summed E-state index contributed by atoms with van der Waals surface area (Å²) in [5, 5.41) is 2.82. The van der Waals surface area contributed by atoms with E-state index in [1.54, 1.807) is 35.2 Å². The highest BCUT2D eigenvalue weighted by atomic mass is 35.5. The van der Waals surface area contributed by atoms with Crippen LogP contribution in [0.2, 0.25) is 0 Å². The van der Waals surface area contributed by atoms with Crippen molar-refractivity contribution >= 4 is 29.9 Å². The summed E-state index contributed by atoms with van der Waals surface area (Å²) in [7, 11) is 1.52.